The second-order valence-corrected chi connectivity index (χ2v) is 5.14. The minimum Gasteiger partial charge on any atom is -0.309 e. The van der Waals surface area contributed by atoms with Gasteiger partial charge in [0.2, 0.25) is 0 Å². The molecule has 0 aliphatic rings. The zero-order chi connectivity index (χ0) is 13.0. The van der Waals surface area contributed by atoms with Crippen LogP contribution in [0.25, 0.3) is 0 Å². The van der Waals surface area contributed by atoms with Crippen LogP contribution in [-0.2, 0) is 13.5 Å². The van der Waals surface area contributed by atoms with E-state index >= 15 is 0 Å². The highest BCUT2D eigenvalue weighted by molar-refractivity contribution is 9.10. The lowest BCUT2D eigenvalue weighted by molar-refractivity contribution is 0.506. The molecule has 1 aromatic heterocycles. The predicted molar refractivity (Wildman–Crippen MR) is 75.3 cm³/mol. The Kier molecular flexibility index (Phi) is 4.49. The molecule has 0 aliphatic heterocycles. The van der Waals surface area contributed by atoms with Crippen molar-refractivity contribution in [1.82, 2.24) is 20.3 Å². The molecule has 0 saturated heterocycles. The number of aryl methyl sites for hydroxylation is 1. The predicted octanol–water partition coefficient (Wildman–Crippen LogP) is 2.47. The third-order valence-electron chi connectivity index (χ3n) is 2.91. The van der Waals surface area contributed by atoms with Crippen LogP contribution in [0.5, 0.6) is 0 Å². The molecule has 0 amide bonds. The summed E-state index contributed by atoms with van der Waals surface area (Å²) in [4.78, 5) is 0. The Hall–Kier alpha value is -1.20. The fourth-order valence-electron chi connectivity index (χ4n) is 2.00. The maximum absolute atomic E-state index is 3.99. The summed E-state index contributed by atoms with van der Waals surface area (Å²) in [6.45, 7) is 3.03. The minimum absolute atomic E-state index is 0.246. The van der Waals surface area contributed by atoms with Gasteiger partial charge in [-0.3, -0.25) is 4.68 Å². The first-order valence-corrected chi connectivity index (χ1v) is 6.82. The maximum atomic E-state index is 3.99. The number of aromatic nitrogens is 3. The topological polar surface area (TPSA) is 42.7 Å². The van der Waals surface area contributed by atoms with Crippen LogP contribution in [0.1, 0.15) is 24.2 Å². The fraction of sp³-hybridized carbons (Fsp3) is 0.385. The Morgan fingerprint density at radius 2 is 2.06 bits per heavy atom. The van der Waals surface area contributed by atoms with Crippen molar-refractivity contribution in [1.29, 1.82) is 0 Å². The van der Waals surface area contributed by atoms with Gasteiger partial charge in [0.25, 0.3) is 0 Å². The van der Waals surface area contributed by atoms with Crippen molar-refractivity contribution in [2.75, 3.05) is 6.54 Å². The molecule has 0 fully saturated rings. The standard InChI is InChI=1S/C13H17BrN4/c1-3-15-12(13-9-16-17-18(13)2)8-10-4-6-11(14)7-5-10/h4-7,9,12,15H,3,8H2,1-2H3. The lowest BCUT2D eigenvalue weighted by Crippen LogP contribution is -2.25. The summed E-state index contributed by atoms with van der Waals surface area (Å²) in [5.41, 5.74) is 2.41. The van der Waals surface area contributed by atoms with Crippen molar-refractivity contribution in [3.8, 4) is 0 Å². The number of nitrogens with zero attached hydrogens (tertiary/aromatic N) is 3. The Morgan fingerprint density at radius 3 is 2.61 bits per heavy atom. The molecule has 1 N–H and O–H groups in total. The smallest absolute Gasteiger partial charge is 0.0756 e. The highest BCUT2D eigenvalue weighted by Gasteiger charge is 2.15. The van der Waals surface area contributed by atoms with E-state index in [0.29, 0.717) is 0 Å². The van der Waals surface area contributed by atoms with Crippen LogP contribution >= 0.6 is 15.9 Å². The number of halogens is 1. The molecule has 0 radical (unpaired) electrons. The molecule has 2 aromatic rings. The summed E-state index contributed by atoms with van der Waals surface area (Å²) in [7, 11) is 1.92. The van der Waals surface area contributed by atoms with Crippen molar-refractivity contribution >= 4 is 15.9 Å². The van der Waals surface area contributed by atoms with Crippen molar-refractivity contribution in [3.63, 3.8) is 0 Å². The quantitative estimate of drug-likeness (QED) is 0.922. The van der Waals surface area contributed by atoms with E-state index in [1.54, 1.807) is 0 Å². The lowest BCUT2D eigenvalue weighted by atomic mass is 10.0. The number of benzene rings is 1. The molecular formula is C13H17BrN4. The Labute approximate surface area is 116 Å². The summed E-state index contributed by atoms with van der Waals surface area (Å²) in [6, 6.07) is 8.66. The zero-order valence-corrected chi connectivity index (χ0v) is 12.2. The molecule has 0 spiro atoms. The number of hydrogen-bond acceptors (Lipinski definition) is 3. The van der Waals surface area contributed by atoms with Gasteiger partial charge < -0.3 is 5.32 Å². The molecule has 5 heteroatoms. The summed E-state index contributed by atoms with van der Waals surface area (Å²) < 4.78 is 2.93. The average Bonchev–Trinajstić information content (AvgIpc) is 2.78. The Morgan fingerprint density at radius 1 is 1.33 bits per heavy atom. The van der Waals surface area contributed by atoms with Crippen LogP contribution in [-0.4, -0.2) is 21.5 Å². The highest BCUT2D eigenvalue weighted by atomic mass is 79.9. The van der Waals surface area contributed by atoms with Gasteiger partial charge in [0.1, 0.15) is 0 Å². The van der Waals surface area contributed by atoms with Crippen molar-refractivity contribution in [2.45, 2.75) is 19.4 Å². The normalized spacial score (nSPS) is 12.6. The monoisotopic (exact) mass is 308 g/mol. The van der Waals surface area contributed by atoms with E-state index in [0.717, 1.165) is 23.1 Å². The van der Waals surface area contributed by atoms with Gasteiger partial charge in [0.05, 0.1) is 17.9 Å². The number of nitrogens with one attached hydrogen (secondary N) is 1. The molecule has 1 aromatic carbocycles. The van der Waals surface area contributed by atoms with E-state index in [1.165, 1.54) is 5.56 Å². The Bertz CT molecular complexity index is 492. The van der Waals surface area contributed by atoms with E-state index in [4.69, 9.17) is 0 Å². The molecule has 0 aliphatic carbocycles. The van der Waals surface area contributed by atoms with Crippen LogP contribution in [0.2, 0.25) is 0 Å². The highest BCUT2D eigenvalue weighted by Crippen LogP contribution is 2.18. The zero-order valence-electron chi connectivity index (χ0n) is 10.6. The first-order chi connectivity index (χ1) is 8.70. The molecule has 0 bridgehead atoms. The van der Waals surface area contributed by atoms with E-state index in [-0.39, 0.29) is 6.04 Å². The fourth-order valence-corrected chi connectivity index (χ4v) is 2.26. The minimum atomic E-state index is 0.246. The van der Waals surface area contributed by atoms with Gasteiger partial charge in [-0.25, -0.2) is 0 Å². The summed E-state index contributed by atoms with van der Waals surface area (Å²) in [6.07, 6.45) is 2.76. The molecule has 1 heterocycles. The molecule has 1 unspecified atom stereocenters. The van der Waals surface area contributed by atoms with Gasteiger partial charge in [-0.15, -0.1) is 5.10 Å². The third-order valence-corrected chi connectivity index (χ3v) is 3.44. The molecule has 1 atom stereocenters. The number of rotatable bonds is 5. The van der Waals surface area contributed by atoms with Crippen LogP contribution in [0.3, 0.4) is 0 Å². The van der Waals surface area contributed by atoms with Gasteiger partial charge in [0, 0.05) is 11.5 Å². The van der Waals surface area contributed by atoms with Crippen LogP contribution in [0.15, 0.2) is 34.9 Å². The third kappa shape index (κ3) is 3.17. The second-order valence-electron chi connectivity index (χ2n) is 4.22. The van der Waals surface area contributed by atoms with E-state index in [1.807, 2.05) is 17.9 Å². The largest absolute Gasteiger partial charge is 0.309 e. The molecule has 0 saturated carbocycles. The number of hydrogen-bond donors (Lipinski definition) is 1. The lowest BCUT2D eigenvalue weighted by Gasteiger charge is -2.17. The van der Waals surface area contributed by atoms with Crippen LogP contribution in [0.4, 0.5) is 0 Å². The molecular weight excluding hydrogens is 292 g/mol. The second kappa shape index (κ2) is 6.11. The van der Waals surface area contributed by atoms with Gasteiger partial charge in [-0.1, -0.05) is 40.2 Å². The van der Waals surface area contributed by atoms with Crippen molar-refractivity contribution in [3.05, 3.63) is 46.2 Å². The van der Waals surface area contributed by atoms with Crippen LogP contribution in [0, 0.1) is 0 Å². The Balaban J connectivity index is 2.16. The van der Waals surface area contributed by atoms with E-state index < -0.39 is 0 Å². The summed E-state index contributed by atoms with van der Waals surface area (Å²) in [5.74, 6) is 0. The van der Waals surface area contributed by atoms with Gasteiger partial charge >= 0.3 is 0 Å². The first kappa shape index (κ1) is 13.2. The summed E-state index contributed by atoms with van der Waals surface area (Å²) in [5, 5.41) is 11.4. The van der Waals surface area contributed by atoms with Crippen LogP contribution < -0.4 is 5.32 Å². The maximum Gasteiger partial charge on any atom is 0.0756 e. The number of likely N-dealkylation sites (N-methyl/N-ethyl adjacent to an activating group) is 1. The van der Waals surface area contributed by atoms with E-state index in [9.17, 15) is 0 Å². The molecule has 18 heavy (non-hydrogen) atoms. The first-order valence-electron chi connectivity index (χ1n) is 6.03. The average molecular weight is 309 g/mol. The van der Waals surface area contributed by atoms with Crippen molar-refractivity contribution in [2.24, 2.45) is 7.05 Å². The molecule has 2 rings (SSSR count). The summed E-state index contributed by atoms with van der Waals surface area (Å²) >= 11 is 3.45. The SMILES string of the molecule is CCNC(Cc1ccc(Br)cc1)c1cnnn1C. The van der Waals surface area contributed by atoms with Gasteiger partial charge in [-0.05, 0) is 30.7 Å². The molecule has 96 valence electrons. The van der Waals surface area contributed by atoms with Gasteiger partial charge in [-0.2, -0.15) is 0 Å². The van der Waals surface area contributed by atoms with E-state index in [2.05, 4.69) is 62.7 Å². The molecule has 4 nitrogen and oxygen atoms in total. The van der Waals surface area contributed by atoms with Crippen molar-refractivity contribution < 1.29 is 0 Å². The van der Waals surface area contributed by atoms with Gasteiger partial charge in [0.15, 0.2) is 0 Å².